The highest BCUT2D eigenvalue weighted by molar-refractivity contribution is 7.91. The van der Waals surface area contributed by atoms with Gasteiger partial charge >= 0.3 is 0 Å². The summed E-state index contributed by atoms with van der Waals surface area (Å²) in [5.74, 6) is -1.31. The first-order valence-corrected chi connectivity index (χ1v) is 10.9. The van der Waals surface area contributed by atoms with Crippen molar-refractivity contribution in [1.29, 1.82) is 0 Å². The van der Waals surface area contributed by atoms with Gasteiger partial charge in [0, 0.05) is 18.7 Å². The fourth-order valence-electron chi connectivity index (χ4n) is 2.91. The molecule has 0 saturated carbocycles. The van der Waals surface area contributed by atoms with Gasteiger partial charge in [0.05, 0.1) is 5.92 Å². The number of nitrogens with zero attached hydrogens (tertiary/aromatic N) is 1. The van der Waals surface area contributed by atoms with Crippen LogP contribution >= 0.6 is 11.3 Å². The topological polar surface area (TPSA) is 95.6 Å². The van der Waals surface area contributed by atoms with Gasteiger partial charge in [-0.1, -0.05) is 23.8 Å². The maximum atomic E-state index is 12.6. The van der Waals surface area contributed by atoms with E-state index in [4.69, 9.17) is 0 Å². The fraction of sp³-hybridized carbons (Fsp3) is 0.333. The highest BCUT2D eigenvalue weighted by Gasteiger charge is 2.33. The molecule has 0 unspecified atom stereocenters. The quantitative estimate of drug-likeness (QED) is 0.757. The number of sulfonamides is 1. The molecule has 2 amide bonds. The lowest BCUT2D eigenvalue weighted by molar-refractivity contribution is -0.126. The predicted molar refractivity (Wildman–Crippen MR) is 103 cm³/mol. The van der Waals surface area contributed by atoms with Gasteiger partial charge in [0.1, 0.15) is 4.21 Å². The molecule has 0 radical (unpaired) electrons. The van der Waals surface area contributed by atoms with E-state index in [0.717, 1.165) is 16.9 Å². The van der Waals surface area contributed by atoms with Crippen LogP contribution in [0.2, 0.25) is 0 Å². The Hall–Kier alpha value is -2.23. The van der Waals surface area contributed by atoms with Crippen LogP contribution in [0.1, 0.15) is 28.8 Å². The van der Waals surface area contributed by atoms with Crippen LogP contribution in [0.5, 0.6) is 0 Å². The third-order valence-electron chi connectivity index (χ3n) is 4.46. The number of nitrogens with one attached hydrogen (secondary N) is 2. The van der Waals surface area contributed by atoms with Crippen LogP contribution in [0.25, 0.3) is 0 Å². The molecule has 7 nitrogen and oxygen atoms in total. The van der Waals surface area contributed by atoms with Crippen molar-refractivity contribution in [2.75, 3.05) is 13.1 Å². The maximum Gasteiger partial charge on any atom is 0.269 e. The number of hydrogen-bond donors (Lipinski definition) is 2. The summed E-state index contributed by atoms with van der Waals surface area (Å²) in [6.07, 6.45) is 1.16. The summed E-state index contributed by atoms with van der Waals surface area (Å²) in [4.78, 5) is 24.5. The van der Waals surface area contributed by atoms with E-state index >= 15 is 0 Å². The number of piperidine rings is 1. The monoisotopic (exact) mass is 407 g/mol. The SMILES string of the molecule is Cc1ccc(C(=O)NNC(=O)[C@H]2CCCN(S(=O)(=O)c3cccs3)C2)cc1. The van der Waals surface area contributed by atoms with Crippen LogP contribution in [-0.4, -0.2) is 37.6 Å². The van der Waals surface area contributed by atoms with Crippen LogP contribution in [0, 0.1) is 12.8 Å². The molecule has 1 aromatic carbocycles. The first-order chi connectivity index (χ1) is 12.9. The van der Waals surface area contributed by atoms with Gasteiger partial charge in [-0.2, -0.15) is 4.31 Å². The molecule has 1 atom stereocenters. The fourth-order valence-corrected chi connectivity index (χ4v) is 5.58. The molecule has 1 aliphatic heterocycles. The zero-order valence-corrected chi connectivity index (χ0v) is 16.5. The summed E-state index contributed by atoms with van der Waals surface area (Å²) in [6.45, 7) is 2.41. The molecule has 0 bridgehead atoms. The van der Waals surface area contributed by atoms with E-state index in [0.29, 0.717) is 24.9 Å². The second kappa shape index (κ2) is 8.20. The van der Waals surface area contributed by atoms with Gasteiger partial charge in [-0.3, -0.25) is 20.4 Å². The summed E-state index contributed by atoms with van der Waals surface area (Å²) in [6, 6.07) is 10.2. The highest BCUT2D eigenvalue weighted by atomic mass is 32.2. The Bertz CT molecular complexity index is 909. The van der Waals surface area contributed by atoms with Gasteiger partial charge in [0.25, 0.3) is 15.9 Å². The number of rotatable bonds is 4. The smallest absolute Gasteiger partial charge is 0.269 e. The van der Waals surface area contributed by atoms with Gasteiger partial charge in [0.15, 0.2) is 0 Å². The van der Waals surface area contributed by atoms with Crippen LogP contribution in [0.4, 0.5) is 0 Å². The summed E-state index contributed by atoms with van der Waals surface area (Å²) >= 11 is 1.16. The van der Waals surface area contributed by atoms with Crippen molar-refractivity contribution in [3.05, 3.63) is 52.9 Å². The molecule has 0 spiro atoms. The molecule has 1 aliphatic rings. The van der Waals surface area contributed by atoms with Crippen LogP contribution in [0.3, 0.4) is 0 Å². The zero-order chi connectivity index (χ0) is 19.4. The molecular formula is C18H21N3O4S2. The van der Waals surface area contributed by atoms with Gasteiger partial charge in [-0.05, 0) is 43.3 Å². The van der Waals surface area contributed by atoms with Crippen LogP contribution in [0.15, 0.2) is 46.0 Å². The molecule has 2 N–H and O–H groups in total. The number of amides is 2. The lowest BCUT2D eigenvalue weighted by atomic mass is 9.99. The Morgan fingerprint density at radius 1 is 1.15 bits per heavy atom. The molecule has 0 aliphatic carbocycles. The van der Waals surface area contributed by atoms with E-state index in [1.54, 1.807) is 29.6 Å². The molecule has 2 heterocycles. The zero-order valence-electron chi connectivity index (χ0n) is 14.8. The molecule has 3 rings (SSSR count). The molecule has 144 valence electrons. The molecule has 27 heavy (non-hydrogen) atoms. The Kier molecular flexibility index (Phi) is 5.93. The number of hydrazine groups is 1. The lowest BCUT2D eigenvalue weighted by Gasteiger charge is -2.30. The van der Waals surface area contributed by atoms with Crippen LogP contribution < -0.4 is 10.9 Å². The molecule has 2 aromatic rings. The van der Waals surface area contributed by atoms with Gasteiger partial charge in [-0.15, -0.1) is 11.3 Å². The average Bonchev–Trinajstić information content (AvgIpc) is 3.22. The molecule has 1 fully saturated rings. The summed E-state index contributed by atoms with van der Waals surface area (Å²) in [5, 5.41) is 1.71. The number of benzene rings is 1. The van der Waals surface area contributed by atoms with Crippen molar-refractivity contribution >= 4 is 33.2 Å². The predicted octanol–water partition coefficient (Wildman–Crippen LogP) is 1.92. The summed E-state index contributed by atoms with van der Waals surface area (Å²) in [7, 11) is -3.58. The highest BCUT2D eigenvalue weighted by Crippen LogP contribution is 2.26. The second-order valence-electron chi connectivity index (χ2n) is 6.44. The number of carbonyl (C=O) groups excluding carboxylic acids is 2. The van der Waals surface area contributed by atoms with Gasteiger partial charge < -0.3 is 0 Å². The summed E-state index contributed by atoms with van der Waals surface area (Å²) in [5.41, 5.74) is 6.28. The second-order valence-corrected chi connectivity index (χ2v) is 9.56. The first kappa shape index (κ1) is 19.5. The van der Waals surface area contributed by atoms with E-state index in [1.165, 1.54) is 4.31 Å². The third kappa shape index (κ3) is 4.55. The molecular weight excluding hydrogens is 386 g/mol. The normalized spacial score (nSPS) is 18.0. The Balaban J connectivity index is 1.58. The maximum absolute atomic E-state index is 12.6. The third-order valence-corrected chi connectivity index (χ3v) is 7.70. The molecule has 9 heteroatoms. The van der Waals surface area contributed by atoms with E-state index in [-0.39, 0.29) is 16.7 Å². The van der Waals surface area contributed by atoms with Crippen molar-refractivity contribution < 1.29 is 18.0 Å². The Morgan fingerprint density at radius 2 is 1.89 bits per heavy atom. The molecule has 1 saturated heterocycles. The Labute approximate surface area is 162 Å². The number of carbonyl (C=O) groups is 2. The van der Waals surface area contributed by atoms with E-state index in [1.807, 2.05) is 19.1 Å². The lowest BCUT2D eigenvalue weighted by Crippen LogP contribution is -2.49. The Morgan fingerprint density at radius 3 is 2.56 bits per heavy atom. The van der Waals surface area contributed by atoms with Gasteiger partial charge in [0.2, 0.25) is 5.91 Å². The van der Waals surface area contributed by atoms with Crippen molar-refractivity contribution in [2.24, 2.45) is 5.92 Å². The number of aryl methyl sites for hydroxylation is 1. The standard InChI is InChI=1S/C18H21N3O4S2/c1-13-6-8-14(9-7-13)17(22)19-20-18(23)15-4-2-10-21(12-15)27(24,25)16-5-3-11-26-16/h3,5-9,11,15H,2,4,10,12H2,1H3,(H,19,22)(H,20,23)/t15-/m0/s1. The number of hydrogen-bond acceptors (Lipinski definition) is 5. The van der Waals surface area contributed by atoms with Gasteiger partial charge in [-0.25, -0.2) is 8.42 Å². The largest absolute Gasteiger partial charge is 0.273 e. The minimum atomic E-state index is -3.58. The van der Waals surface area contributed by atoms with Crippen molar-refractivity contribution in [3.8, 4) is 0 Å². The molecule has 1 aromatic heterocycles. The van der Waals surface area contributed by atoms with E-state index < -0.39 is 21.8 Å². The van der Waals surface area contributed by atoms with Crippen molar-refractivity contribution in [3.63, 3.8) is 0 Å². The van der Waals surface area contributed by atoms with E-state index in [2.05, 4.69) is 10.9 Å². The minimum absolute atomic E-state index is 0.104. The van der Waals surface area contributed by atoms with Crippen molar-refractivity contribution in [2.45, 2.75) is 24.0 Å². The van der Waals surface area contributed by atoms with Crippen molar-refractivity contribution in [1.82, 2.24) is 15.2 Å². The first-order valence-electron chi connectivity index (χ1n) is 8.58. The van der Waals surface area contributed by atoms with Crippen LogP contribution in [-0.2, 0) is 14.8 Å². The number of thiophene rings is 1. The minimum Gasteiger partial charge on any atom is -0.273 e. The average molecular weight is 408 g/mol. The van der Waals surface area contributed by atoms with E-state index in [9.17, 15) is 18.0 Å². The summed E-state index contributed by atoms with van der Waals surface area (Å²) < 4.78 is 26.9.